The van der Waals surface area contributed by atoms with Crippen LogP contribution in [0.1, 0.15) is 20.3 Å². The number of hydrogen-bond acceptors (Lipinski definition) is 4. The van der Waals surface area contributed by atoms with Gasteiger partial charge in [-0.2, -0.15) is 12.7 Å². The highest BCUT2D eigenvalue weighted by molar-refractivity contribution is 7.87. The summed E-state index contributed by atoms with van der Waals surface area (Å²) in [6, 6.07) is 0. The van der Waals surface area contributed by atoms with Crippen LogP contribution in [-0.4, -0.2) is 43.9 Å². The molecule has 0 fully saturated rings. The van der Waals surface area contributed by atoms with Crippen molar-refractivity contribution in [2.24, 2.45) is 16.8 Å². The van der Waals surface area contributed by atoms with E-state index in [1.165, 1.54) is 7.05 Å². The monoisotopic (exact) mass is 252 g/mol. The number of nitrogens with two attached hydrogens (primary N) is 1. The van der Waals surface area contributed by atoms with Gasteiger partial charge in [-0.1, -0.05) is 19.0 Å². The van der Waals surface area contributed by atoms with Gasteiger partial charge in [0.25, 0.3) is 10.2 Å². The van der Waals surface area contributed by atoms with Crippen LogP contribution in [0.2, 0.25) is 0 Å². The topological polar surface area (TPSA) is 108 Å². The Morgan fingerprint density at radius 2 is 2.19 bits per heavy atom. The molecular weight excluding hydrogens is 232 g/mol. The summed E-state index contributed by atoms with van der Waals surface area (Å²) in [6.45, 7) is 4.11. The summed E-state index contributed by atoms with van der Waals surface area (Å²) >= 11 is 0. The minimum Gasteiger partial charge on any atom is -0.409 e. The molecule has 8 heteroatoms. The predicted molar refractivity (Wildman–Crippen MR) is 62.4 cm³/mol. The third-order valence-corrected chi connectivity index (χ3v) is 3.63. The molecule has 1 atom stereocenters. The predicted octanol–water partition coefficient (Wildman–Crippen LogP) is -0.455. The second-order valence-corrected chi connectivity index (χ2v) is 5.47. The highest BCUT2D eigenvalue weighted by Gasteiger charge is 2.20. The summed E-state index contributed by atoms with van der Waals surface area (Å²) in [7, 11) is -2.02. The van der Waals surface area contributed by atoms with Crippen molar-refractivity contribution < 1.29 is 13.6 Å². The highest BCUT2D eigenvalue weighted by Crippen LogP contribution is 2.02. The maximum absolute atomic E-state index is 11.6. The van der Waals surface area contributed by atoms with Gasteiger partial charge in [-0.05, 0) is 6.42 Å². The molecular formula is C8H20N4O3S. The summed E-state index contributed by atoms with van der Waals surface area (Å²) in [5, 5.41) is 11.3. The van der Waals surface area contributed by atoms with Crippen LogP contribution in [0.5, 0.6) is 0 Å². The first-order chi connectivity index (χ1) is 7.35. The van der Waals surface area contributed by atoms with Gasteiger partial charge in [0.2, 0.25) is 0 Å². The van der Waals surface area contributed by atoms with Crippen LogP contribution in [0.25, 0.3) is 0 Å². The summed E-state index contributed by atoms with van der Waals surface area (Å²) in [6.07, 6.45) is 0.725. The largest absolute Gasteiger partial charge is 0.409 e. The molecule has 0 heterocycles. The van der Waals surface area contributed by atoms with Crippen LogP contribution in [0, 0.1) is 5.92 Å². The first-order valence-electron chi connectivity index (χ1n) is 5.03. The molecule has 0 spiro atoms. The standard InChI is InChI=1S/C8H20N4O3S/c1-4-5-10-16(14,15)12(3)6-7(2)8(9)11-13/h7,10,13H,4-6H2,1-3H3,(H2,9,11). The average molecular weight is 252 g/mol. The number of amidine groups is 1. The molecule has 0 aliphatic heterocycles. The van der Waals surface area contributed by atoms with E-state index in [9.17, 15) is 8.42 Å². The van der Waals surface area contributed by atoms with Gasteiger partial charge in [-0.25, -0.2) is 4.72 Å². The molecule has 96 valence electrons. The van der Waals surface area contributed by atoms with E-state index in [4.69, 9.17) is 10.9 Å². The van der Waals surface area contributed by atoms with E-state index in [2.05, 4.69) is 9.88 Å². The van der Waals surface area contributed by atoms with Crippen molar-refractivity contribution in [1.82, 2.24) is 9.03 Å². The van der Waals surface area contributed by atoms with Crippen LogP contribution < -0.4 is 10.5 Å². The molecule has 0 aromatic carbocycles. The van der Waals surface area contributed by atoms with Crippen molar-refractivity contribution in [2.75, 3.05) is 20.1 Å². The van der Waals surface area contributed by atoms with Crippen molar-refractivity contribution in [1.29, 1.82) is 0 Å². The maximum Gasteiger partial charge on any atom is 0.279 e. The van der Waals surface area contributed by atoms with E-state index in [1.54, 1.807) is 6.92 Å². The van der Waals surface area contributed by atoms with Gasteiger partial charge >= 0.3 is 0 Å². The van der Waals surface area contributed by atoms with Crippen molar-refractivity contribution in [3.63, 3.8) is 0 Å². The Labute approximate surface area is 96.5 Å². The SMILES string of the molecule is CCCNS(=O)(=O)N(C)CC(C)C(N)=NO. The molecule has 4 N–H and O–H groups in total. The molecule has 0 aromatic rings. The lowest BCUT2D eigenvalue weighted by atomic mass is 10.2. The first kappa shape index (κ1) is 15.1. The van der Waals surface area contributed by atoms with Crippen molar-refractivity contribution in [3.8, 4) is 0 Å². The molecule has 0 aliphatic rings. The van der Waals surface area contributed by atoms with E-state index < -0.39 is 10.2 Å². The van der Waals surface area contributed by atoms with Gasteiger partial charge in [0.15, 0.2) is 0 Å². The molecule has 0 saturated heterocycles. The van der Waals surface area contributed by atoms with Gasteiger partial charge in [0.05, 0.1) is 0 Å². The molecule has 0 aliphatic carbocycles. The van der Waals surface area contributed by atoms with Crippen LogP contribution in [0.15, 0.2) is 5.16 Å². The Bertz CT molecular complexity index is 328. The molecule has 16 heavy (non-hydrogen) atoms. The smallest absolute Gasteiger partial charge is 0.279 e. The number of nitrogens with one attached hydrogen (secondary N) is 1. The number of nitrogens with zero attached hydrogens (tertiary/aromatic N) is 2. The van der Waals surface area contributed by atoms with Crippen molar-refractivity contribution >= 4 is 16.0 Å². The van der Waals surface area contributed by atoms with Gasteiger partial charge in [-0.15, -0.1) is 0 Å². The van der Waals surface area contributed by atoms with Gasteiger partial charge in [-0.3, -0.25) is 0 Å². The van der Waals surface area contributed by atoms with Crippen molar-refractivity contribution in [3.05, 3.63) is 0 Å². The van der Waals surface area contributed by atoms with Gasteiger partial charge in [0.1, 0.15) is 5.84 Å². The lowest BCUT2D eigenvalue weighted by molar-refractivity contribution is 0.312. The second kappa shape index (κ2) is 6.66. The van der Waals surface area contributed by atoms with Crippen LogP contribution in [0.3, 0.4) is 0 Å². The third kappa shape index (κ3) is 4.77. The fourth-order valence-corrected chi connectivity index (χ4v) is 2.12. The summed E-state index contributed by atoms with van der Waals surface area (Å²) < 4.78 is 26.8. The average Bonchev–Trinajstić information content (AvgIpc) is 2.24. The normalized spacial score (nSPS) is 15.4. The summed E-state index contributed by atoms with van der Waals surface area (Å²) in [5.74, 6) is -0.328. The van der Waals surface area contributed by atoms with E-state index in [0.29, 0.717) is 6.54 Å². The molecule has 7 nitrogen and oxygen atoms in total. The zero-order valence-electron chi connectivity index (χ0n) is 9.84. The van der Waals surface area contributed by atoms with Crippen LogP contribution in [0.4, 0.5) is 0 Å². The Hall–Kier alpha value is -0.860. The van der Waals surface area contributed by atoms with Crippen LogP contribution >= 0.6 is 0 Å². The minimum atomic E-state index is -3.47. The maximum atomic E-state index is 11.6. The number of rotatable bonds is 7. The Kier molecular flexibility index (Phi) is 6.31. The summed E-state index contributed by atoms with van der Waals surface area (Å²) in [4.78, 5) is 0. The lowest BCUT2D eigenvalue weighted by Crippen LogP contribution is -2.42. The van der Waals surface area contributed by atoms with E-state index in [0.717, 1.165) is 10.7 Å². The Morgan fingerprint density at radius 3 is 2.62 bits per heavy atom. The zero-order chi connectivity index (χ0) is 12.8. The molecule has 0 rings (SSSR count). The third-order valence-electron chi connectivity index (χ3n) is 2.10. The quantitative estimate of drug-likeness (QED) is 0.247. The molecule has 0 saturated carbocycles. The molecule has 0 radical (unpaired) electrons. The molecule has 0 aromatic heterocycles. The fraction of sp³-hybridized carbons (Fsp3) is 0.875. The minimum absolute atomic E-state index is 0.0116. The van der Waals surface area contributed by atoms with E-state index in [-0.39, 0.29) is 18.3 Å². The zero-order valence-corrected chi connectivity index (χ0v) is 10.7. The number of oxime groups is 1. The van der Waals surface area contributed by atoms with Crippen molar-refractivity contribution in [2.45, 2.75) is 20.3 Å². The first-order valence-corrected chi connectivity index (χ1v) is 6.47. The fourth-order valence-electron chi connectivity index (χ4n) is 1.02. The van der Waals surface area contributed by atoms with Crippen LogP contribution in [-0.2, 0) is 10.2 Å². The molecule has 0 bridgehead atoms. The van der Waals surface area contributed by atoms with E-state index >= 15 is 0 Å². The molecule has 1 unspecified atom stereocenters. The highest BCUT2D eigenvalue weighted by atomic mass is 32.2. The number of hydrogen-bond donors (Lipinski definition) is 3. The summed E-state index contributed by atoms with van der Waals surface area (Å²) in [5.41, 5.74) is 5.37. The van der Waals surface area contributed by atoms with E-state index in [1.807, 2.05) is 6.92 Å². The molecule has 0 amide bonds. The van der Waals surface area contributed by atoms with Gasteiger partial charge in [0, 0.05) is 26.1 Å². The Morgan fingerprint density at radius 1 is 1.62 bits per heavy atom. The second-order valence-electron chi connectivity index (χ2n) is 3.61. The lowest BCUT2D eigenvalue weighted by Gasteiger charge is -2.20. The van der Waals surface area contributed by atoms with Gasteiger partial charge < -0.3 is 10.9 Å². The Balaban J connectivity index is 4.40.